The lowest BCUT2D eigenvalue weighted by Crippen LogP contribution is -2.54. The van der Waals surface area contributed by atoms with E-state index in [0.29, 0.717) is 50.1 Å². The number of carbonyl (C=O) groups excluding carboxylic acids is 6. The zero-order chi connectivity index (χ0) is 49.3. The van der Waals surface area contributed by atoms with Crippen molar-refractivity contribution in [3.8, 4) is 0 Å². The van der Waals surface area contributed by atoms with Crippen molar-refractivity contribution >= 4 is 62.9 Å². The van der Waals surface area contributed by atoms with Crippen molar-refractivity contribution in [1.29, 1.82) is 0 Å². The number of benzene rings is 3. The molecule has 370 valence electrons. The Morgan fingerprint density at radius 2 is 0.956 bits per heavy atom. The summed E-state index contributed by atoms with van der Waals surface area (Å²) in [5.74, 6) is 1.88. The first-order chi connectivity index (χ1) is 32.6. The third-order valence-electron chi connectivity index (χ3n) is 14.3. The second kappa shape index (κ2) is 23.0. The van der Waals surface area contributed by atoms with Gasteiger partial charge in [0, 0.05) is 30.2 Å². The molecule has 6 atom stereocenters. The Balaban J connectivity index is 1.20. The molecule has 0 spiro atoms. The minimum atomic E-state index is -0.922. The first-order valence-corrected chi connectivity index (χ1v) is 26.5. The molecule has 0 bridgehead atoms. The van der Waals surface area contributed by atoms with Crippen LogP contribution in [0.3, 0.4) is 0 Å². The monoisotopic (exact) mass is 956 g/mol. The predicted octanol–water partition coefficient (Wildman–Crippen LogP) is 8.61. The Kier molecular flexibility index (Phi) is 17.5. The Labute approximate surface area is 404 Å². The lowest BCUT2D eigenvalue weighted by molar-refractivity contribution is -0.139. The number of rotatable bonds is 17. The van der Waals surface area contributed by atoms with Crippen molar-refractivity contribution in [2.24, 2.45) is 11.8 Å². The second-order valence-electron chi connectivity index (χ2n) is 18.7. The largest absolute Gasteiger partial charge is 0.453 e. The van der Waals surface area contributed by atoms with E-state index in [1.54, 1.807) is 9.80 Å². The van der Waals surface area contributed by atoms with E-state index in [1.165, 1.54) is 19.1 Å². The highest BCUT2D eigenvalue weighted by Gasteiger charge is 2.41. The topological polar surface area (TPSA) is 179 Å². The summed E-state index contributed by atoms with van der Waals surface area (Å²) < 4.78 is 9.51. The van der Waals surface area contributed by atoms with Gasteiger partial charge in [-0.1, -0.05) is 72.7 Å². The number of likely N-dealkylation sites (tertiary alicyclic amines) is 2. The zero-order valence-electron chi connectivity index (χ0n) is 41.3. The van der Waals surface area contributed by atoms with Crippen LogP contribution in [-0.4, -0.2) is 114 Å². The maximum Gasteiger partial charge on any atom is 0.407 e. The number of hydrogen-bond donors (Lipinski definition) is 4. The number of methoxy groups -OCH3 is 2. The normalized spacial score (nSPS) is 20.5. The average molecular weight is 956 g/mol. The molecule has 0 unspecified atom stereocenters. The molecule has 3 aromatic carbocycles. The van der Waals surface area contributed by atoms with E-state index < -0.39 is 46.4 Å². The fourth-order valence-corrected chi connectivity index (χ4v) is 13.2. The highest BCUT2D eigenvalue weighted by Crippen LogP contribution is 2.56. The van der Waals surface area contributed by atoms with Crippen LogP contribution >= 0.6 is 10.0 Å². The maximum atomic E-state index is 13.7. The minimum absolute atomic E-state index is 0.0306. The molecule has 0 radical (unpaired) electrons. The Morgan fingerprint density at radius 3 is 1.29 bits per heavy atom. The lowest BCUT2D eigenvalue weighted by atomic mass is 10.0. The summed E-state index contributed by atoms with van der Waals surface area (Å²) in [6.45, 7) is 15.1. The highest BCUT2D eigenvalue weighted by molar-refractivity contribution is 8.33. The van der Waals surface area contributed by atoms with Crippen LogP contribution in [0.25, 0.3) is 0 Å². The van der Waals surface area contributed by atoms with Crippen molar-refractivity contribution in [3.63, 3.8) is 0 Å². The Bertz CT molecular complexity index is 2100. The van der Waals surface area contributed by atoms with Gasteiger partial charge in [0.25, 0.3) is 0 Å². The van der Waals surface area contributed by atoms with Gasteiger partial charge in [0.1, 0.15) is 24.2 Å². The first-order valence-electron chi connectivity index (χ1n) is 24.4. The van der Waals surface area contributed by atoms with Gasteiger partial charge >= 0.3 is 12.2 Å². The number of ether oxygens (including phenoxy) is 2. The van der Waals surface area contributed by atoms with Gasteiger partial charge in [0.2, 0.25) is 23.6 Å². The molecule has 16 heteroatoms. The lowest BCUT2D eigenvalue weighted by Gasteiger charge is -2.39. The minimum Gasteiger partial charge on any atom is -0.453 e. The van der Waals surface area contributed by atoms with Gasteiger partial charge in [-0.2, -0.15) is 0 Å². The van der Waals surface area contributed by atoms with Crippen LogP contribution < -0.4 is 26.2 Å². The molecule has 3 heterocycles. The van der Waals surface area contributed by atoms with Gasteiger partial charge in [-0.25, -0.2) is 19.6 Å². The highest BCUT2D eigenvalue weighted by atomic mass is 32.3. The molecule has 3 fully saturated rings. The van der Waals surface area contributed by atoms with Crippen LogP contribution in [-0.2, 0) is 28.7 Å². The Morgan fingerprint density at radius 1 is 0.574 bits per heavy atom. The number of nitrogens with zero attached hydrogens (tertiary/aromatic N) is 3. The number of alkyl carbamates (subject to hydrolysis) is 2. The third kappa shape index (κ3) is 11.4. The van der Waals surface area contributed by atoms with Crippen LogP contribution in [0.15, 0.2) is 77.7 Å². The molecular weight excluding hydrogens is 883 g/mol. The molecule has 6 rings (SSSR count). The number of hydrogen-bond acceptors (Lipinski definition) is 9. The molecule has 0 aromatic heterocycles. The van der Waals surface area contributed by atoms with Crippen molar-refractivity contribution in [2.75, 3.05) is 60.1 Å². The van der Waals surface area contributed by atoms with Gasteiger partial charge in [0.05, 0.1) is 26.3 Å². The van der Waals surface area contributed by atoms with Gasteiger partial charge in [-0.05, 0) is 132 Å². The first kappa shape index (κ1) is 51.6. The molecule has 0 aliphatic carbocycles. The number of carbonyl (C=O) groups is 6. The van der Waals surface area contributed by atoms with E-state index in [4.69, 9.17) is 9.47 Å². The van der Waals surface area contributed by atoms with E-state index >= 15 is 0 Å². The average Bonchev–Trinajstić information content (AvgIpc) is 4.15. The van der Waals surface area contributed by atoms with Crippen molar-refractivity contribution in [3.05, 3.63) is 83.9 Å². The summed E-state index contributed by atoms with van der Waals surface area (Å²) >= 11 is 0. The van der Waals surface area contributed by atoms with E-state index in [1.807, 2.05) is 52.0 Å². The smallest absolute Gasteiger partial charge is 0.407 e. The quantitative estimate of drug-likeness (QED) is 0.103. The number of amides is 6. The van der Waals surface area contributed by atoms with Crippen LogP contribution in [0.2, 0.25) is 0 Å². The Hall–Kier alpha value is -5.77. The van der Waals surface area contributed by atoms with E-state index in [2.05, 4.69) is 95.5 Å². The van der Waals surface area contributed by atoms with E-state index in [-0.39, 0.29) is 47.5 Å². The fraction of sp³-hybridized carbons (Fsp3) is 0.538. The molecular formula is C52H73N7O8S. The van der Waals surface area contributed by atoms with Crippen molar-refractivity contribution in [2.45, 2.75) is 128 Å². The van der Waals surface area contributed by atoms with Crippen LogP contribution in [0, 0.1) is 11.8 Å². The molecule has 6 amide bonds. The molecule has 3 aliphatic heterocycles. The van der Waals surface area contributed by atoms with Crippen LogP contribution in [0.4, 0.5) is 26.7 Å². The van der Waals surface area contributed by atoms with E-state index in [0.717, 1.165) is 46.9 Å². The van der Waals surface area contributed by atoms with Gasteiger partial charge < -0.3 is 45.4 Å². The summed E-state index contributed by atoms with van der Waals surface area (Å²) in [7, 11) is 1.59. The molecule has 0 saturated carbocycles. The molecule has 68 heavy (non-hydrogen) atoms. The summed E-state index contributed by atoms with van der Waals surface area (Å²) in [6, 6.07) is 22.3. The maximum absolute atomic E-state index is 13.7. The SMILES string of the molecule is CCS(CC)(CC)c1ccc(N2[C@H](c3ccc(NC(=O)[C@@H]4CCCN4C(=O)[C@@H](NC(=O)OC)C(C)C)cc3)CC[C@H]2c2ccc(NC(=O)[C@@H]3CCCN3C(=O)[C@@H](NC(=O)OC)C(C)C)cc2)cc1. The van der Waals surface area contributed by atoms with Crippen molar-refractivity contribution in [1.82, 2.24) is 20.4 Å². The van der Waals surface area contributed by atoms with Gasteiger partial charge in [0.15, 0.2) is 0 Å². The summed E-state index contributed by atoms with van der Waals surface area (Å²) in [5, 5.41) is 11.4. The number of anilines is 3. The van der Waals surface area contributed by atoms with Gasteiger partial charge in [-0.15, -0.1) is 0 Å². The molecule has 15 nitrogen and oxygen atoms in total. The third-order valence-corrected chi connectivity index (χ3v) is 18.9. The second-order valence-corrected chi connectivity index (χ2v) is 23.0. The number of nitrogens with one attached hydrogen (secondary N) is 4. The summed E-state index contributed by atoms with van der Waals surface area (Å²) in [6.07, 6.45) is 2.80. The molecule has 3 aliphatic rings. The van der Waals surface area contributed by atoms with Crippen molar-refractivity contribution < 1.29 is 38.2 Å². The standard InChI is InChI=1S/C52H73N7O8S/c1-10-68(11-2,12-3)40-27-25-39(26-28-40)59-41(35-17-21-37(22-18-35)53-47(60)43-15-13-31-57(43)49(62)45(33(4)5)55-51(64)66-8)29-30-42(59)36-19-23-38(24-20-36)54-48(61)44-16-14-32-58(44)50(63)46(34(6)7)56-52(65)67-9/h17-28,33-34,41-46H,10-16,29-32H2,1-9H3,(H,53,60)(H,54,61)(H,55,64)(H,56,65)/t41-,42-,43-,44-,45-,46-/m0/s1. The molecule has 4 N–H and O–H groups in total. The van der Waals surface area contributed by atoms with Crippen LogP contribution in [0.1, 0.15) is 110 Å². The predicted molar refractivity (Wildman–Crippen MR) is 269 cm³/mol. The van der Waals surface area contributed by atoms with Crippen LogP contribution in [0.5, 0.6) is 0 Å². The van der Waals surface area contributed by atoms with E-state index in [9.17, 15) is 28.8 Å². The fourth-order valence-electron chi connectivity index (χ4n) is 10.2. The summed E-state index contributed by atoms with van der Waals surface area (Å²) in [5.41, 5.74) is 4.60. The van der Waals surface area contributed by atoms with Gasteiger partial charge in [-0.3, -0.25) is 19.2 Å². The molecule has 3 aromatic rings. The molecule has 3 saturated heterocycles. The summed E-state index contributed by atoms with van der Waals surface area (Å²) in [4.78, 5) is 85.9. The zero-order valence-corrected chi connectivity index (χ0v) is 42.2.